The number of rotatable bonds is 6. The molecule has 2 heterocycles. The lowest BCUT2D eigenvalue weighted by molar-refractivity contribution is -0.144. The first kappa shape index (κ1) is 20.9. The highest BCUT2D eigenvalue weighted by Gasteiger charge is 2.55. The van der Waals surface area contributed by atoms with Crippen molar-refractivity contribution in [2.75, 3.05) is 20.8 Å². The minimum Gasteiger partial charge on any atom is -0.493 e. The number of carbonyl (C=O) groups is 1. The van der Waals surface area contributed by atoms with Gasteiger partial charge in [-0.2, -0.15) is 0 Å². The highest BCUT2D eigenvalue weighted by Crippen LogP contribution is 2.64. The number of aromatic nitrogens is 1. The molecule has 31 heavy (non-hydrogen) atoms. The van der Waals surface area contributed by atoms with Crippen LogP contribution >= 0.6 is 23.1 Å². The highest BCUT2D eigenvalue weighted by molar-refractivity contribution is 8.00. The number of hydrogen-bond donors (Lipinski definition) is 0. The first-order valence-corrected chi connectivity index (χ1v) is 12.5. The van der Waals surface area contributed by atoms with E-state index >= 15 is 0 Å². The zero-order valence-corrected chi connectivity index (χ0v) is 19.6. The molecule has 1 aliphatic heterocycles. The van der Waals surface area contributed by atoms with Crippen LogP contribution in [0.3, 0.4) is 0 Å². The first-order valence-electron chi connectivity index (χ1n) is 10.8. The van der Waals surface area contributed by atoms with Crippen LogP contribution in [0.4, 0.5) is 0 Å². The van der Waals surface area contributed by atoms with Crippen molar-refractivity contribution in [3.63, 3.8) is 0 Å². The van der Waals surface area contributed by atoms with Crippen LogP contribution in [0.1, 0.15) is 42.5 Å². The number of esters is 1. The maximum absolute atomic E-state index is 13.0. The number of nitrogens with zero attached hydrogens (tertiary/aromatic N) is 1. The SMILES string of the molecule is CCOC(=O)Cn1c2c(sc1=O)C(c1ccc(OC)c(OC)c1)C1C3CCC(C3)C1S2. The zero-order valence-electron chi connectivity index (χ0n) is 18.0. The lowest BCUT2D eigenvalue weighted by Crippen LogP contribution is -2.34. The number of fused-ring (bicyclic) bond motifs is 6. The number of hydrogen-bond acceptors (Lipinski definition) is 7. The lowest BCUT2D eigenvalue weighted by Gasteiger charge is -2.40. The molecule has 5 unspecified atom stereocenters. The Morgan fingerprint density at radius 1 is 1.16 bits per heavy atom. The second-order valence-corrected chi connectivity index (χ2v) is 10.7. The van der Waals surface area contributed by atoms with Gasteiger partial charge >= 0.3 is 10.8 Å². The highest BCUT2D eigenvalue weighted by atomic mass is 32.2. The fourth-order valence-corrected chi connectivity index (χ4v) is 8.99. The smallest absolute Gasteiger partial charge is 0.326 e. The van der Waals surface area contributed by atoms with Crippen molar-refractivity contribution >= 4 is 29.1 Å². The van der Waals surface area contributed by atoms with Gasteiger partial charge < -0.3 is 14.2 Å². The predicted octanol–water partition coefficient (Wildman–Crippen LogP) is 4.14. The van der Waals surface area contributed by atoms with Gasteiger partial charge in [0.1, 0.15) is 6.54 Å². The summed E-state index contributed by atoms with van der Waals surface area (Å²) in [5, 5.41) is 1.43. The number of carbonyl (C=O) groups excluding carboxylic acids is 1. The van der Waals surface area contributed by atoms with Crippen molar-refractivity contribution in [1.29, 1.82) is 0 Å². The number of thiazole rings is 1. The molecule has 5 rings (SSSR count). The molecule has 1 aromatic carbocycles. The fraction of sp³-hybridized carbons (Fsp3) is 0.565. The molecule has 2 saturated carbocycles. The maximum Gasteiger partial charge on any atom is 0.326 e. The fourth-order valence-electron chi connectivity index (χ4n) is 5.84. The largest absolute Gasteiger partial charge is 0.493 e. The van der Waals surface area contributed by atoms with Crippen molar-refractivity contribution in [2.24, 2.45) is 17.8 Å². The van der Waals surface area contributed by atoms with Crippen LogP contribution in [0.5, 0.6) is 11.5 Å². The van der Waals surface area contributed by atoms with Gasteiger partial charge in [-0.15, -0.1) is 11.8 Å². The number of ether oxygens (including phenoxy) is 3. The Labute approximate surface area is 189 Å². The third-order valence-electron chi connectivity index (χ3n) is 7.05. The van der Waals surface area contributed by atoms with Crippen LogP contribution < -0.4 is 14.3 Å². The van der Waals surface area contributed by atoms with E-state index in [1.54, 1.807) is 25.7 Å². The van der Waals surface area contributed by atoms with Gasteiger partial charge in [0, 0.05) is 16.0 Å². The Morgan fingerprint density at radius 2 is 1.94 bits per heavy atom. The van der Waals surface area contributed by atoms with Crippen molar-refractivity contribution in [3.05, 3.63) is 38.3 Å². The zero-order chi connectivity index (χ0) is 21.7. The molecule has 0 radical (unpaired) electrons. The van der Waals surface area contributed by atoms with Gasteiger partial charge in [-0.3, -0.25) is 14.2 Å². The molecule has 8 heteroatoms. The molecular formula is C23H27NO5S2. The minimum atomic E-state index is -0.358. The summed E-state index contributed by atoms with van der Waals surface area (Å²) in [6.45, 7) is 2.08. The predicted molar refractivity (Wildman–Crippen MR) is 121 cm³/mol. The van der Waals surface area contributed by atoms with Gasteiger partial charge in [-0.1, -0.05) is 17.4 Å². The van der Waals surface area contributed by atoms with Gasteiger partial charge in [0.05, 0.1) is 25.9 Å². The van der Waals surface area contributed by atoms with E-state index in [0.29, 0.717) is 41.1 Å². The number of thioether (sulfide) groups is 1. The van der Waals surface area contributed by atoms with Gasteiger partial charge in [-0.05, 0) is 61.6 Å². The van der Waals surface area contributed by atoms with E-state index in [2.05, 4.69) is 12.1 Å². The average Bonchev–Trinajstić information content (AvgIpc) is 3.46. The summed E-state index contributed by atoms with van der Waals surface area (Å²) >= 11 is 3.11. The van der Waals surface area contributed by atoms with Crippen molar-refractivity contribution in [2.45, 2.75) is 48.9 Å². The first-order chi connectivity index (χ1) is 15.0. The van der Waals surface area contributed by atoms with Crippen LogP contribution in [0.2, 0.25) is 0 Å². The Hall–Kier alpha value is -1.93. The van der Waals surface area contributed by atoms with Gasteiger partial charge in [-0.25, -0.2) is 0 Å². The molecule has 5 atom stereocenters. The van der Waals surface area contributed by atoms with Crippen LogP contribution in [-0.4, -0.2) is 36.6 Å². The Morgan fingerprint density at radius 3 is 2.68 bits per heavy atom. The summed E-state index contributed by atoms with van der Waals surface area (Å²) in [6.07, 6.45) is 3.80. The van der Waals surface area contributed by atoms with Crippen LogP contribution in [0, 0.1) is 17.8 Å². The summed E-state index contributed by atoms with van der Waals surface area (Å²) in [5.41, 5.74) is 1.16. The molecule has 0 amide bonds. The summed E-state index contributed by atoms with van der Waals surface area (Å²) in [4.78, 5) is 26.2. The number of methoxy groups -OCH3 is 2. The summed E-state index contributed by atoms with van der Waals surface area (Å²) < 4.78 is 17.8. The van der Waals surface area contributed by atoms with Gasteiger partial charge in [0.15, 0.2) is 11.5 Å². The Bertz CT molecular complexity index is 1060. The molecular weight excluding hydrogens is 434 g/mol. The molecule has 6 nitrogen and oxygen atoms in total. The monoisotopic (exact) mass is 461 g/mol. The third-order valence-corrected chi connectivity index (χ3v) is 9.88. The molecule has 2 aliphatic carbocycles. The number of benzene rings is 1. The third kappa shape index (κ3) is 3.39. The van der Waals surface area contributed by atoms with E-state index in [0.717, 1.165) is 15.5 Å². The van der Waals surface area contributed by atoms with Gasteiger partial charge in [0.2, 0.25) is 0 Å². The second kappa shape index (κ2) is 8.20. The van der Waals surface area contributed by atoms with E-state index in [9.17, 15) is 9.59 Å². The second-order valence-electron chi connectivity index (χ2n) is 8.51. The van der Waals surface area contributed by atoms with Crippen molar-refractivity contribution in [3.8, 4) is 11.5 Å². The van der Waals surface area contributed by atoms with Crippen molar-refractivity contribution < 1.29 is 19.0 Å². The van der Waals surface area contributed by atoms with Crippen LogP contribution in [-0.2, 0) is 16.1 Å². The molecule has 0 spiro atoms. The molecule has 0 saturated heterocycles. The lowest BCUT2D eigenvalue weighted by atomic mass is 9.75. The van der Waals surface area contributed by atoms with Crippen molar-refractivity contribution in [1.82, 2.24) is 4.57 Å². The van der Waals surface area contributed by atoms with Crippen LogP contribution in [0.15, 0.2) is 28.0 Å². The minimum absolute atomic E-state index is 0.0182. The van der Waals surface area contributed by atoms with E-state index in [1.807, 2.05) is 17.8 Å². The molecule has 3 aliphatic rings. The molecule has 166 valence electrons. The van der Waals surface area contributed by atoms with E-state index in [-0.39, 0.29) is 23.3 Å². The standard InChI is InChI=1S/C23H27NO5S2/c1-4-29-17(25)11-24-22-21(31-23(24)26)19(13-7-8-15(27-2)16(10-13)28-3)18-12-5-6-14(9-12)20(18)30-22/h7-8,10,12,14,18-20H,4-6,9,11H2,1-3H3. The molecule has 2 bridgehead atoms. The quantitative estimate of drug-likeness (QED) is 0.603. The summed E-state index contributed by atoms with van der Waals surface area (Å²) in [7, 11) is 3.29. The summed E-state index contributed by atoms with van der Waals surface area (Å²) in [6, 6.07) is 6.12. The van der Waals surface area contributed by atoms with Crippen LogP contribution in [0.25, 0.3) is 0 Å². The maximum atomic E-state index is 13.0. The Kier molecular flexibility index (Phi) is 5.54. The van der Waals surface area contributed by atoms with Gasteiger partial charge in [0.25, 0.3) is 0 Å². The molecule has 1 aromatic heterocycles. The van der Waals surface area contributed by atoms with E-state index in [1.165, 1.54) is 30.6 Å². The molecule has 2 aromatic rings. The normalized spacial score (nSPS) is 28.2. The van der Waals surface area contributed by atoms with E-state index < -0.39 is 0 Å². The molecule has 2 fully saturated rings. The molecule has 0 N–H and O–H groups in total. The Balaban J connectivity index is 1.62. The average molecular weight is 462 g/mol. The summed E-state index contributed by atoms with van der Waals surface area (Å²) in [5.74, 6) is 3.06. The topological polar surface area (TPSA) is 66.8 Å². The van der Waals surface area contributed by atoms with E-state index in [4.69, 9.17) is 14.2 Å².